The van der Waals surface area contributed by atoms with Crippen LogP contribution >= 0.6 is 11.3 Å². The van der Waals surface area contributed by atoms with Gasteiger partial charge in [-0.05, 0) is 48.6 Å². The first kappa shape index (κ1) is 19.0. The lowest BCUT2D eigenvalue weighted by Crippen LogP contribution is -2.21. The highest BCUT2D eigenvalue weighted by atomic mass is 32.1. The lowest BCUT2D eigenvalue weighted by atomic mass is 9.97. The molecular formula is C22H23N3OS. The molecule has 1 aromatic carbocycles. The van der Waals surface area contributed by atoms with Gasteiger partial charge in [-0.15, -0.1) is 0 Å². The van der Waals surface area contributed by atoms with Crippen LogP contribution in [0.3, 0.4) is 0 Å². The van der Waals surface area contributed by atoms with E-state index in [0.29, 0.717) is 28.0 Å². The Hall–Kier alpha value is -2.79. The Morgan fingerprint density at radius 2 is 1.93 bits per heavy atom. The largest absolute Gasteiger partial charge is 0.282 e. The van der Waals surface area contributed by atoms with Crippen molar-refractivity contribution in [2.45, 2.75) is 33.1 Å². The number of carbonyl (C=O) groups excluding carboxylic acids is 1. The molecule has 0 fully saturated rings. The topological polar surface area (TPSA) is 45.6 Å². The average molecular weight is 378 g/mol. The number of hydrazone groups is 1. The minimum absolute atomic E-state index is 0.168. The number of aromatic nitrogens is 1. The molecule has 1 unspecified atom stereocenters. The maximum Gasteiger partial charge on any atom is 0.282 e. The zero-order chi connectivity index (χ0) is 19.6. The second-order valence-corrected chi connectivity index (χ2v) is 7.50. The van der Waals surface area contributed by atoms with E-state index in [4.69, 9.17) is 0 Å². The molecule has 0 aliphatic carbocycles. The van der Waals surface area contributed by atoms with Crippen LogP contribution in [0.2, 0.25) is 0 Å². The number of hydrogen-bond acceptors (Lipinski definition) is 4. The minimum Gasteiger partial charge on any atom is -0.267 e. The number of rotatable bonds is 6. The second-order valence-electron chi connectivity index (χ2n) is 6.49. The molecule has 1 aliphatic rings. The Labute approximate surface area is 164 Å². The van der Waals surface area contributed by atoms with Gasteiger partial charge in [0.05, 0.1) is 21.9 Å². The molecule has 1 amide bonds. The maximum absolute atomic E-state index is 12.9. The minimum atomic E-state index is -0.168. The molecule has 2 aromatic rings. The van der Waals surface area contributed by atoms with Crippen molar-refractivity contribution in [2.24, 2.45) is 5.10 Å². The van der Waals surface area contributed by atoms with Crippen molar-refractivity contribution in [3.05, 3.63) is 64.7 Å². The van der Waals surface area contributed by atoms with E-state index in [9.17, 15) is 4.79 Å². The lowest BCUT2D eigenvalue weighted by molar-refractivity contribution is -0.114. The predicted molar refractivity (Wildman–Crippen MR) is 116 cm³/mol. The molecule has 1 aliphatic heterocycles. The van der Waals surface area contributed by atoms with Crippen molar-refractivity contribution in [2.75, 3.05) is 5.01 Å². The fourth-order valence-corrected chi connectivity index (χ4v) is 3.72. The SMILES string of the molecule is C=Cc1nc(N2N=C(C)/C(=C\c3ccc(C(C)CC)cc3)C2=O)sc1C=C. The van der Waals surface area contributed by atoms with E-state index in [-0.39, 0.29) is 5.91 Å². The van der Waals surface area contributed by atoms with Crippen molar-refractivity contribution in [3.63, 3.8) is 0 Å². The van der Waals surface area contributed by atoms with Crippen LogP contribution in [0.5, 0.6) is 0 Å². The Balaban J connectivity index is 1.88. The van der Waals surface area contributed by atoms with Gasteiger partial charge in [-0.25, -0.2) is 4.98 Å². The molecule has 27 heavy (non-hydrogen) atoms. The summed E-state index contributed by atoms with van der Waals surface area (Å²) in [6.45, 7) is 13.8. The molecule has 0 N–H and O–H groups in total. The summed E-state index contributed by atoms with van der Waals surface area (Å²) in [6.07, 6.45) is 6.36. The van der Waals surface area contributed by atoms with E-state index < -0.39 is 0 Å². The number of nitrogens with zero attached hydrogens (tertiary/aromatic N) is 3. The molecule has 2 heterocycles. The number of benzene rings is 1. The highest BCUT2D eigenvalue weighted by Crippen LogP contribution is 2.32. The Bertz CT molecular complexity index is 925. The molecule has 1 atom stereocenters. The summed E-state index contributed by atoms with van der Waals surface area (Å²) >= 11 is 1.37. The first-order valence-electron chi connectivity index (χ1n) is 8.95. The van der Waals surface area contributed by atoms with Crippen LogP contribution in [0.4, 0.5) is 5.13 Å². The van der Waals surface area contributed by atoms with Crippen LogP contribution < -0.4 is 5.01 Å². The highest BCUT2D eigenvalue weighted by molar-refractivity contribution is 7.16. The van der Waals surface area contributed by atoms with Gasteiger partial charge in [0.25, 0.3) is 5.91 Å². The van der Waals surface area contributed by atoms with Gasteiger partial charge in [0.2, 0.25) is 5.13 Å². The Morgan fingerprint density at radius 1 is 1.22 bits per heavy atom. The molecule has 3 rings (SSSR count). The quantitative estimate of drug-likeness (QED) is 0.602. The van der Waals surface area contributed by atoms with Crippen molar-refractivity contribution in [3.8, 4) is 0 Å². The van der Waals surface area contributed by atoms with E-state index in [1.165, 1.54) is 21.9 Å². The predicted octanol–water partition coefficient (Wildman–Crippen LogP) is 5.75. The van der Waals surface area contributed by atoms with Crippen LogP contribution in [-0.2, 0) is 4.79 Å². The molecule has 0 saturated heterocycles. The summed E-state index contributed by atoms with van der Waals surface area (Å²) in [6, 6.07) is 8.34. The second kappa shape index (κ2) is 7.84. The Kier molecular flexibility index (Phi) is 5.51. The van der Waals surface area contributed by atoms with E-state index in [0.717, 1.165) is 16.9 Å². The van der Waals surface area contributed by atoms with Gasteiger partial charge in [-0.2, -0.15) is 10.1 Å². The van der Waals surface area contributed by atoms with Crippen molar-refractivity contribution < 1.29 is 4.79 Å². The lowest BCUT2D eigenvalue weighted by Gasteiger charge is -2.09. The van der Waals surface area contributed by atoms with E-state index in [2.05, 4.69) is 49.2 Å². The molecule has 0 bridgehead atoms. The first-order valence-corrected chi connectivity index (χ1v) is 9.77. The molecule has 138 valence electrons. The Morgan fingerprint density at radius 3 is 2.48 bits per heavy atom. The van der Waals surface area contributed by atoms with Crippen LogP contribution in [0, 0.1) is 0 Å². The first-order chi connectivity index (χ1) is 13.0. The standard InChI is InChI=1S/C22H23N3OS/c1-6-14(4)17-11-9-16(10-12-17)13-18-15(5)24-25(21(18)26)22-23-19(7-2)20(8-3)27-22/h7-14H,2-3,6H2,1,4-5H3/b18-13+. The number of thiazole rings is 1. The van der Waals surface area contributed by atoms with Crippen LogP contribution in [-0.4, -0.2) is 16.6 Å². The van der Waals surface area contributed by atoms with Gasteiger partial charge < -0.3 is 0 Å². The molecular weight excluding hydrogens is 354 g/mol. The highest BCUT2D eigenvalue weighted by Gasteiger charge is 2.31. The van der Waals surface area contributed by atoms with Gasteiger partial charge >= 0.3 is 0 Å². The van der Waals surface area contributed by atoms with E-state index >= 15 is 0 Å². The zero-order valence-corrected chi connectivity index (χ0v) is 16.7. The third-order valence-electron chi connectivity index (χ3n) is 4.72. The van der Waals surface area contributed by atoms with Gasteiger partial charge in [0.15, 0.2) is 0 Å². The fraction of sp³-hybridized carbons (Fsp3) is 0.227. The molecule has 1 aromatic heterocycles. The third-order valence-corrected chi connectivity index (χ3v) is 5.76. The van der Waals surface area contributed by atoms with Gasteiger partial charge in [-0.1, -0.05) is 62.6 Å². The molecule has 0 saturated carbocycles. The smallest absolute Gasteiger partial charge is 0.267 e. The van der Waals surface area contributed by atoms with Crippen molar-refractivity contribution in [1.29, 1.82) is 0 Å². The van der Waals surface area contributed by atoms with E-state index in [1.54, 1.807) is 12.2 Å². The van der Waals surface area contributed by atoms with Crippen molar-refractivity contribution in [1.82, 2.24) is 4.98 Å². The molecule has 4 nitrogen and oxygen atoms in total. The summed E-state index contributed by atoms with van der Waals surface area (Å²) in [7, 11) is 0. The number of carbonyl (C=O) groups is 1. The summed E-state index contributed by atoms with van der Waals surface area (Å²) in [5, 5.41) is 6.30. The summed E-state index contributed by atoms with van der Waals surface area (Å²) in [4.78, 5) is 18.2. The number of amides is 1. The number of hydrogen-bond donors (Lipinski definition) is 0. The van der Waals surface area contributed by atoms with Crippen LogP contribution in [0.1, 0.15) is 54.8 Å². The zero-order valence-electron chi connectivity index (χ0n) is 15.9. The van der Waals surface area contributed by atoms with Gasteiger partial charge in [0.1, 0.15) is 0 Å². The van der Waals surface area contributed by atoms with E-state index in [1.807, 2.05) is 25.1 Å². The summed E-state index contributed by atoms with van der Waals surface area (Å²) < 4.78 is 0. The van der Waals surface area contributed by atoms with Crippen molar-refractivity contribution >= 4 is 46.3 Å². The monoisotopic (exact) mass is 377 g/mol. The molecule has 5 heteroatoms. The van der Waals surface area contributed by atoms with Gasteiger partial charge in [-0.3, -0.25) is 4.79 Å². The normalized spacial score (nSPS) is 16.6. The van der Waals surface area contributed by atoms with Gasteiger partial charge in [0, 0.05) is 0 Å². The average Bonchev–Trinajstić information content (AvgIpc) is 3.23. The maximum atomic E-state index is 12.9. The molecule has 0 radical (unpaired) electrons. The van der Waals surface area contributed by atoms with Crippen LogP contribution in [0.25, 0.3) is 18.2 Å². The summed E-state index contributed by atoms with van der Waals surface area (Å²) in [5.41, 5.74) is 4.27. The number of anilines is 1. The molecule has 0 spiro atoms. The fourth-order valence-electron chi connectivity index (χ4n) is 2.85. The summed E-state index contributed by atoms with van der Waals surface area (Å²) in [5.74, 6) is 0.361. The van der Waals surface area contributed by atoms with Crippen LogP contribution in [0.15, 0.2) is 48.1 Å². The third kappa shape index (κ3) is 3.69.